The molecule has 2 heterocycles. The van der Waals surface area contributed by atoms with E-state index >= 15 is 0 Å². The third-order valence-electron chi connectivity index (χ3n) is 3.70. The Morgan fingerprint density at radius 2 is 2.03 bits per heavy atom. The van der Waals surface area contributed by atoms with Crippen molar-refractivity contribution in [3.63, 3.8) is 0 Å². The van der Waals surface area contributed by atoms with Crippen molar-refractivity contribution in [1.29, 1.82) is 0 Å². The number of halogens is 4. The number of thioether (sulfide) groups is 1. The molecule has 0 bridgehead atoms. The van der Waals surface area contributed by atoms with E-state index in [2.05, 4.69) is 27.2 Å². The van der Waals surface area contributed by atoms with Crippen LogP contribution < -0.4 is 10.6 Å². The van der Waals surface area contributed by atoms with Gasteiger partial charge >= 0.3 is 6.18 Å². The number of nitrogens with zero attached hydrogens (tertiary/aromatic N) is 2. The minimum absolute atomic E-state index is 0.0386. The zero-order chi connectivity index (χ0) is 21.6. The fourth-order valence-corrected chi connectivity index (χ4v) is 3.15. The van der Waals surface area contributed by atoms with Gasteiger partial charge in [-0.25, -0.2) is 9.97 Å². The molecule has 0 spiro atoms. The van der Waals surface area contributed by atoms with Gasteiger partial charge in [0, 0.05) is 41.9 Å². The highest BCUT2D eigenvalue weighted by Crippen LogP contribution is 2.33. The fraction of sp³-hybridized carbons (Fsp3) is 0.316. The topological polar surface area (TPSA) is 66.9 Å². The number of alkyl halides is 3. The lowest BCUT2D eigenvalue weighted by atomic mass is 10.2. The zero-order valence-corrected chi connectivity index (χ0v) is 17.4. The lowest BCUT2D eigenvalue weighted by molar-refractivity contribution is -0.137. The van der Waals surface area contributed by atoms with E-state index in [0.717, 1.165) is 17.8 Å². The van der Waals surface area contributed by atoms with Gasteiger partial charge in [-0.1, -0.05) is 32.0 Å². The molecular weight excluding hydrogens is 425 g/mol. The van der Waals surface area contributed by atoms with Gasteiger partial charge in [0.1, 0.15) is 10.8 Å². The summed E-state index contributed by atoms with van der Waals surface area (Å²) in [5.41, 5.74) is 0.505. The number of rotatable bonds is 8. The molecule has 0 unspecified atom stereocenters. The van der Waals surface area contributed by atoms with Crippen molar-refractivity contribution in [3.8, 4) is 0 Å². The maximum absolute atomic E-state index is 12.6. The zero-order valence-electron chi connectivity index (χ0n) is 15.8. The summed E-state index contributed by atoms with van der Waals surface area (Å²) in [6.45, 7) is 8.01. The predicted octanol–water partition coefficient (Wildman–Crippen LogP) is 5.10. The second-order valence-electron chi connectivity index (χ2n) is 6.34. The number of hydrogen-bond acceptors (Lipinski definition) is 5. The van der Waals surface area contributed by atoms with E-state index < -0.39 is 11.7 Å². The third kappa shape index (κ3) is 6.93. The summed E-state index contributed by atoms with van der Waals surface area (Å²) in [6, 6.07) is 4.33. The van der Waals surface area contributed by atoms with Gasteiger partial charge in [0.25, 0.3) is 0 Å². The van der Waals surface area contributed by atoms with Crippen LogP contribution >= 0.6 is 23.4 Å². The van der Waals surface area contributed by atoms with Crippen molar-refractivity contribution in [2.24, 2.45) is 5.92 Å². The Balaban J connectivity index is 1.87. The van der Waals surface area contributed by atoms with E-state index in [-0.39, 0.29) is 16.8 Å². The highest BCUT2D eigenvalue weighted by atomic mass is 35.5. The molecule has 0 saturated carbocycles. The lowest BCUT2D eigenvalue weighted by Crippen LogP contribution is -2.19. The van der Waals surface area contributed by atoms with Crippen molar-refractivity contribution >= 4 is 40.8 Å². The molecule has 156 valence electrons. The van der Waals surface area contributed by atoms with Crippen LogP contribution in [0, 0.1) is 5.92 Å². The lowest BCUT2D eigenvalue weighted by Gasteiger charge is -2.12. The number of anilines is 1. The first-order chi connectivity index (χ1) is 13.6. The Hall–Kier alpha value is -2.26. The average Bonchev–Trinajstić information content (AvgIpc) is 2.65. The SMILES string of the molecule is C=C(NCCSc1ncc(C(F)(F)F)cc1Cl)c1ccnc(NC(=O)C(C)C)c1. The Labute approximate surface area is 176 Å². The van der Waals surface area contributed by atoms with Gasteiger partial charge in [-0.05, 0) is 18.2 Å². The Bertz CT molecular complexity index is 890. The van der Waals surface area contributed by atoms with E-state index in [0.29, 0.717) is 28.8 Å². The predicted molar refractivity (Wildman–Crippen MR) is 110 cm³/mol. The second-order valence-corrected chi connectivity index (χ2v) is 7.83. The summed E-state index contributed by atoms with van der Waals surface area (Å²) < 4.78 is 37.9. The third-order valence-corrected chi connectivity index (χ3v) is 5.11. The first-order valence-corrected chi connectivity index (χ1v) is 10.00. The Morgan fingerprint density at radius 1 is 1.31 bits per heavy atom. The van der Waals surface area contributed by atoms with Crippen LogP contribution in [0.1, 0.15) is 25.0 Å². The molecule has 2 rings (SSSR count). The highest BCUT2D eigenvalue weighted by Gasteiger charge is 2.31. The van der Waals surface area contributed by atoms with Crippen LogP contribution in [0.25, 0.3) is 5.70 Å². The summed E-state index contributed by atoms with van der Waals surface area (Å²) in [5.74, 6) is 0.647. The number of aromatic nitrogens is 2. The van der Waals surface area contributed by atoms with Crippen molar-refractivity contribution in [2.75, 3.05) is 17.6 Å². The second kappa shape index (κ2) is 9.98. The molecule has 0 aromatic carbocycles. The molecule has 29 heavy (non-hydrogen) atoms. The van der Waals surface area contributed by atoms with Crippen LogP contribution in [-0.2, 0) is 11.0 Å². The molecule has 0 saturated heterocycles. The van der Waals surface area contributed by atoms with Gasteiger partial charge in [0.15, 0.2) is 0 Å². The molecule has 5 nitrogen and oxygen atoms in total. The summed E-state index contributed by atoms with van der Waals surface area (Å²) >= 11 is 7.13. The quantitative estimate of drug-likeness (QED) is 0.438. The molecule has 1 amide bonds. The molecule has 2 N–H and O–H groups in total. The van der Waals surface area contributed by atoms with Gasteiger partial charge in [-0.2, -0.15) is 13.2 Å². The summed E-state index contributed by atoms with van der Waals surface area (Å²) in [4.78, 5) is 19.7. The minimum Gasteiger partial charge on any atom is -0.384 e. The molecule has 0 aliphatic heterocycles. The van der Waals surface area contributed by atoms with Crippen LogP contribution in [0.5, 0.6) is 0 Å². The summed E-state index contributed by atoms with van der Waals surface area (Å²) in [7, 11) is 0. The van der Waals surface area contributed by atoms with Crippen molar-refractivity contribution in [1.82, 2.24) is 15.3 Å². The van der Waals surface area contributed by atoms with E-state index in [1.54, 1.807) is 32.2 Å². The number of amides is 1. The molecule has 0 aliphatic carbocycles. The first-order valence-electron chi connectivity index (χ1n) is 8.63. The van der Waals surface area contributed by atoms with Crippen LogP contribution in [0.3, 0.4) is 0 Å². The van der Waals surface area contributed by atoms with Gasteiger partial charge in [0.05, 0.1) is 10.6 Å². The van der Waals surface area contributed by atoms with Crippen molar-refractivity contribution in [2.45, 2.75) is 25.0 Å². The molecule has 0 aliphatic rings. The van der Waals surface area contributed by atoms with E-state index in [4.69, 9.17) is 11.6 Å². The molecule has 0 radical (unpaired) electrons. The van der Waals surface area contributed by atoms with Gasteiger partial charge < -0.3 is 10.6 Å². The minimum atomic E-state index is -4.48. The molecule has 10 heteroatoms. The smallest absolute Gasteiger partial charge is 0.384 e. The van der Waals surface area contributed by atoms with Gasteiger partial charge in [0.2, 0.25) is 5.91 Å². The number of nitrogens with one attached hydrogen (secondary N) is 2. The van der Waals surface area contributed by atoms with Crippen molar-refractivity contribution < 1.29 is 18.0 Å². The number of pyridine rings is 2. The monoisotopic (exact) mass is 444 g/mol. The fourth-order valence-electron chi connectivity index (χ4n) is 2.10. The largest absolute Gasteiger partial charge is 0.417 e. The number of carbonyl (C=O) groups is 1. The highest BCUT2D eigenvalue weighted by molar-refractivity contribution is 7.99. The maximum atomic E-state index is 12.6. The van der Waals surface area contributed by atoms with E-state index in [1.807, 2.05) is 0 Å². The summed E-state index contributed by atoms with van der Waals surface area (Å²) in [5, 5.41) is 6.13. The van der Waals surface area contributed by atoms with Crippen molar-refractivity contribution in [3.05, 3.63) is 53.3 Å². The van der Waals surface area contributed by atoms with Crippen LogP contribution in [0.15, 0.2) is 42.2 Å². The Kier molecular flexibility index (Phi) is 7.92. The molecule has 2 aromatic heterocycles. The first kappa shape index (κ1) is 23.0. The molecular formula is C19H20ClF3N4OS. The van der Waals surface area contributed by atoms with E-state index in [9.17, 15) is 18.0 Å². The van der Waals surface area contributed by atoms with Gasteiger partial charge in [-0.15, -0.1) is 11.8 Å². The number of hydrogen-bond donors (Lipinski definition) is 2. The van der Waals surface area contributed by atoms with Crippen LogP contribution in [-0.4, -0.2) is 28.2 Å². The van der Waals surface area contributed by atoms with Crippen LogP contribution in [0.2, 0.25) is 5.02 Å². The molecule has 2 aromatic rings. The normalized spacial score (nSPS) is 11.4. The standard InChI is InChI=1S/C19H20ClF3N4OS/c1-11(2)17(28)27-16-8-13(4-5-25-16)12(3)24-6-7-29-18-15(20)9-14(10-26-18)19(21,22)23/h4-5,8-11,24H,3,6-7H2,1-2H3,(H,25,27,28). The van der Waals surface area contributed by atoms with Crippen LogP contribution in [0.4, 0.5) is 19.0 Å². The number of carbonyl (C=O) groups excluding carboxylic acids is 1. The van der Waals surface area contributed by atoms with E-state index in [1.165, 1.54) is 11.8 Å². The van der Waals surface area contributed by atoms with Gasteiger partial charge in [-0.3, -0.25) is 4.79 Å². The summed E-state index contributed by atoms with van der Waals surface area (Å²) in [6.07, 6.45) is -2.14. The molecule has 0 atom stereocenters. The Morgan fingerprint density at radius 3 is 2.66 bits per heavy atom. The molecule has 0 fully saturated rings. The average molecular weight is 445 g/mol. The maximum Gasteiger partial charge on any atom is 0.417 e.